The number of ether oxygens (including phenoxy) is 1. The summed E-state index contributed by atoms with van der Waals surface area (Å²) in [6.45, 7) is 1.71. The molecule has 1 aromatic rings. The van der Waals surface area contributed by atoms with Crippen LogP contribution < -0.4 is 10.5 Å². The van der Waals surface area contributed by atoms with E-state index in [9.17, 15) is 9.59 Å². The van der Waals surface area contributed by atoms with Crippen molar-refractivity contribution in [3.63, 3.8) is 0 Å². The van der Waals surface area contributed by atoms with Crippen LogP contribution in [0, 0.1) is 0 Å². The van der Waals surface area contributed by atoms with Gasteiger partial charge in [-0.05, 0) is 18.6 Å². The molecule has 18 heavy (non-hydrogen) atoms. The number of likely N-dealkylation sites (tertiary alicyclic amines) is 1. The third-order valence-electron chi connectivity index (χ3n) is 2.94. The van der Waals surface area contributed by atoms with Crippen LogP contribution >= 0.6 is 0 Å². The number of rotatable bonds is 5. The third-order valence-corrected chi connectivity index (χ3v) is 2.94. The van der Waals surface area contributed by atoms with Crippen LogP contribution in [-0.4, -0.2) is 36.4 Å². The molecule has 1 fully saturated rings. The Labute approximate surface area is 106 Å². The van der Waals surface area contributed by atoms with E-state index < -0.39 is 5.91 Å². The van der Waals surface area contributed by atoms with E-state index in [2.05, 4.69) is 0 Å². The zero-order valence-electron chi connectivity index (χ0n) is 10.1. The number of para-hydroxylation sites is 1. The first-order valence-electron chi connectivity index (χ1n) is 5.98. The summed E-state index contributed by atoms with van der Waals surface area (Å²) in [5, 5.41) is 0. The van der Waals surface area contributed by atoms with Crippen LogP contribution in [-0.2, 0) is 4.79 Å². The summed E-state index contributed by atoms with van der Waals surface area (Å²) in [5.41, 5.74) is 5.61. The van der Waals surface area contributed by atoms with Crippen molar-refractivity contribution in [3.05, 3.63) is 29.8 Å². The fourth-order valence-corrected chi connectivity index (χ4v) is 2.00. The molecule has 96 valence electrons. The monoisotopic (exact) mass is 248 g/mol. The van der Waals surface area contributed by atoms with E-state index >= 15 is 0 Å². The Morgan fingerprint density at radius 2 is 2.17 bits per heavy atom. The Hall–Kier alpha value is -2.04. The molecule has 0 unspecified atom stereocenters. The topological polar surface area (TPSA) is 72.6 Å². The van der Waals surface area contributed by atoms with Crippen molar-refractivity contribution in [1.29, 1.82) is 0 Å². The van der Waals surface area contributed by atoms with Crippen molar-refractivity contribution in [2.45, 2.75) is 12.8 Å². The second kappa shape index (κ2) is 5.53. The smallest absolute Gasteiger partial charge is 0.252 e. The van der Waals surface area contributed by atoms with Gasteiger partial charge in [0.2, 0.25) is 5.91 Å². The van der Waals surface area contributed by atoms with Gasteiger partial charge in [-0.1, -0.05) is 12.1 Å². The van der Waals surface area contributed by atoms with E-state index in [1.54, 1.807) is 29.2 Å². The number of carbonyl (C=O) groups excluding carboxylic acids is 2. The van der Waals surface area contributed by atoms with Gasteiger partial charge in [0.15, 0.2) is 0 Å². The van der Waals surface area contributed by atoms with E-state index in [0.717, 1.165) is 13.0 Å². The van der Waals surface area contributed by atoms with Gasteiger partial charge in [-0.2, -0.15) is 0 Å². The van der Waals surface area contributed by atoms with Crippen LogP contribution in [0.15, 0.2) is 24.3 Å². The molecule has 5 heteroatoms. The molecule has 0 radical (unpaired) electrons. The zero-order valence-corrected chi connectivity index (χ0v) is 10.1. The fourth-order valence-electron chi connectivity index (χ4n) is 2.00. The van der Waals surface area contributed by atoms with Crippen LogP contribution in [0.25, 0.3) is 0 Å². The van der Waals surface area contributed by atoms with Gasteiger partial charge >= 0.3 is 0 Å². The minimum atomic E-state index is -0.511. The molecule has 0 aromatic heterocycles. The second-order valence-electron chi connectivity index (χ2n) is 4.19. The Morgan fingerprint density at radius 1 is 1.39 bits per heavy atom. The van der Waals surface area contributed by atoms with Crippen molar-refractivity contribution in [2.75, 3.05) is 19.7 Å². The molecule has 0 aliphatic carbocycles. The van der Waals surface area contributed by atoms with Crippen LogP contribution in [0.5, 0.6) is 5.75 Å². The highest BCUT2D eigenvalue weighted by molar-refractivity contribution is 5.95. The average molecular weight is 248 g/mol. The lowest BCUT2D eigenvalue weighted by molar-refractivity contribution is -0.128. The van der Waals surface area contributed by atoms with Crippen LogP contribution in [0.2, 0.25) is 0 Å². The van der Waals surface area contributed by atoms with E-state index in [4.69, 9.17) is 10.5 Å². The summed E-state index contributed by atoms with van der Waals surface area (Å²) < 4.78 is 5.51. The Kier molecular flexibility index (Phi) is 3.82. The van der Waals surface area contributed by atoms with Crippen molar-refractivity contribution in [2.24, 2.45) is 5.73 Å². The summed E-state index contributed by atoms with van der Waals surface area (Å²) >= 11 is 0. The summed E-state index contributed by atoms with van der Waals surface area (Å²) in [4.78, 5) is 24.3. The van der Waals surface area contributed by atoms with Gasteiger partial charge in [-0.15, -0.1) is 0 Å². The maximum Gasteiger partial charge on any atom is 0.252 e. The summed E-state index contributed by atoms with van der Waals surface area (Å²) in [7, 11) is 0. The van der Waals surface area contributed by atoms with E-state index in [1.165, 1.54) is 0 Å². The molecule has 5 nitrogen and oxygen atoms in total. The quantitative estimate of drug-likeness (QED) is 0.837. The van der Waals surface area contributed by atoms with Crippen LogP contribution in [0.1, 0.15) is 23.2 Å². The Bertz CT molecular complexity index is 459. The van der Waals surface area contributed by atoms with Crippen LogP contribution in [0.3, 0.4) is 0 Å². The molecule has 1 aromatic carbocycles. The lowest BCUT2D eigenvalue weighted by Crippen LogP contribution is -2.29. The molecule has 0 spiro atoms. The number of nitrogens with two attached hydrogens (primary N) is 1. The van der Waals surface area contributed by atoms with Crippen molar-refractivity contribution >= 4 is 11.8 Å². The number of hydrogen-bond donors (Lipinski definition) is 1. The first kappa shape index (κ1) is 12.4. The standard InChI is InChI=1S/C13H16N2O3/c14-13(17)10-4-1-2-5-11(10)18-9-8-15-7-3-6-12(15)16/h1-2,4-5H,3,6-9H2,(H2,14,17). The maximum absolute atomic E-state index is 11.4. The molecule has 2 rings (SSSR count). The number of primary amides is 1. The summed E-state index contributed by atoms with van der Waals surface area (Å²) in [5.74, 6) is 0.126. The molecule has 1 aliphatic heterocycles. The molecule has 0 saturated carbocycles. The van der Waals surface area contributed by atoms with Gasteiger partial charge in [-0.25, -0.2) is 0 Å². The molecule has 0 atom stereocenters. The third kappa shape index (κ3) is 2.80. The van der Waals surface area contributed by atoms with Gasteiger partial charge in [0.05, 0.1) is 12.1 Å². The average Bonchev–Trinajstić information content (AvgIpc) is 2.76. The van der Waals surface area contributed by atoms with Gasteiger partial charge < -0.3 is 15.4 Å². The highest BCUT2D eigenvalue weighted by Gasteiger charge is 2.19. The van der Waals surface area contributed by atoms with Gasteiger partial charge in [0.25, 0.3) is 5.91 Å². The molecular weight excluding hydrogens is 232 g/mol. The maximum atomic E-state index is 11.4. The highest BCUT2D eigenvalue weighted by atomic mass is 16.5. The lowest BCUT2D eigenvalue weighted by atomic mass is 10.2. The van der Waals surface area contributed by atoms with E-state index in [0.29, 0.717) is 30.9 Å². The second-order valence-corrected chi connectivity index (χ2v) is 4.19. The number of nitrogens with zero attached hydrogens (tertiary/aromatic N) is 1. The van der Waals surface area contributed by atoms with Crippen LogP contribution in [0.4, 0.5) is 0 Å². The summed E-state index contributed by atoms with van der Waals surface area (Å²) in [6, 6.07) is 6.84. The lowest BCUT2D eigenvalue weighted by Gasteiger charge is -2.16. The molecule has 1 aliphatic rings. The molecule has 2 amide bonds. The number of amides is 2. The first-order chi connectivity index (χ1) is 8.68. The van der Waals surface area contributed by atoms with E-state index in [-0.39, 0.29) is 5.91 Å². The normalized spacial score (nSPS) is 14.9. The number of carbonyl (C=O) groups is 2. The highest BCUT2D eigenvalue weighted by Crippen LogP contribution is 2.17. The molecule has 1 heterocycles. The minimum Gasteiger partial charge on any atom is -0.491 e. The van der Waals surface area contributed by atoms with Gasteiger partial charge in [-0.3, -0.25) is 9.59 Å². The Morgan fingerprint density at radius 3 is 2.83 bits per heavy atom. The molecule has 0 bridgehead atoms. The van der Waals surface area contributed by atoms with Crippen molar-refractivity contribution in [1.82, 2.24) is 4.90 Å². The molecule has 2 N–H and O–H groups in total. The predicted octanol–water partition coefficient (Wildman–Crippen LogP) is 0.787. The largest absolute Gasteiger partial charge is 0.491 e. The molecular formula is C13H16N2O3. The van der Waals surface area contributed by atoms with Crippen molar-refractivity contribution < 1.29 is 14.3 Å². The fraction of sp³-hybridized carbons (Fsp3) is 0.385. The first-order valence-corrected chi connectivity index (χ1v) is 5.98. The SMILES string of the molecule is NC(=O)c1ccccc1OCCN1CCCC1=O. The van der Waals surface area contributed by atoms with Crippen molar-refractivity contribution in [3.8, 4) is 5.75 Å². The minimum absolute atomic E-state index is 0.168. The van der Waals surface area contributed by atoms with Gasteiger partial charge in [0, 0.05) is 13.0 Å². The molecule has 1 saturated heterocycles. The number of hydrogen-bond acceptors (Lipinski definition) is 3. The van der Waals surface area contributed by atoms with E-state index in [1.807, 2.05) is 0 Å². The Balaban J connectivity index is 1.90. The predicted molar refractivity (Wildman–Crippen MR) is 66.3 cm³/mol. The summed E-state index contributed by atoms with van der Waals surface area (Å²) in [6.07, 6.45) is 1.54. The van der Waals surface area contributed by atoms with Gasteiger partial charge in [0.1, 0.15) is 12.4 Å². The zero-order chi connectivity index (χ0) is 13.0. The number of benzene rings is 1.